The number of H-pyrrole nitrogens is 2. The first-order valence-electron chi connectivity index (χ1n) is 13.0. The van der Waals surface area contributed by atoms with Crippen molar-refractivity contribution in [3.05, 3.63) is 97.1 Å². The summed E-state index contributed by atoms with van der Waals surface area (Å²) in [6.45, 7) is 0. The Kier molecular flexibility index (Phi) is 5.90. The van der Waals surface area contributed by atoms with Gasteiger partial charge in [0.05, 0.1) is 0 Å². The zero-order chi connectivity index (χ0) is 26.2. The average Bonchev–Trinajstić information content (AvgIpc) is 3.73. The fourth-order valence-corrected chi connectivity index (χ4v) is 5.59. The molecule has 2 aliphatic heterocycles. The van der Waals surface area contributed by atoms with Crippen molar-refractivity contribution in [3.8, 4) is 45.6 Å². The largest absolute Gasteiger partial charge is 0.324 e. The van der Waals surface area contributed by atoms with E-state index in [1.807, 2.05) is 97.1 Å². The van der Waals surface area contributed by atoms with Gasteiger partial charge in [0, 0.05) is 60.9 Å². The quantitative estimate of drug-likeness (QED) is 0.182. The van der Waals surface area contributed by atoms with E-state index < -0.39 is 0 Å². The number of hydrogen-bond donors (Lipinski definition) is 2. The normalized spacial score (nSPS) is 11.4. The van der Waals surface area contributed by atoms with Crippen LogP contribution in [0.2, 0.25) is 0 Å². The molecule has 3 aromatic heterocycles. The molecular weight excluding hydrogens is 579 g/mol. The number of fused-ring (bicyclic) bond motifs is 20. The van der Waals surface area contributed by atoms with Crippen molar-refractivity contribution in [2.75, 3.05) is 0 Å². The van der Waals surface area contributed by atoms with E-state index in [-0.39, 0.29) is 21.8 Å². The summed E-state index contributed by atoms with van der Waals surface area (Å²) < 4.78 is 0. The first-order valence-corrected chi connectivity index (χ1v) is 13.0. The van der Waals surface area contributed by atoms with Crippen LogP contribution < -0.4 is 0 Å². The Bertz CT molecular complexity index is 2040. The summed E-state index contributed by atoms with van der Waals surface area (Å²) >= 11 is 0. The van der Waals surface area contributed by atoms with E-state index in [0.717, 1.165) is 43.8 Å². The molecule has 0 atom stereocenters. The van der Waals surface area contributed by atoms with Gasteiger partial charge in [0.25, 0.3) is 0 Å². The molecule has 0 aliphatic carbocycles. The number of aromatic nitrogens is 8. The molecule has 9 rings (SSSR count). The molecule has 0 fully saturated rings. The molecule has 0 spiro atoms. The van der Waals surface area contributed by atoms with Crippen molar-refractivity contribution in [1.29, 1.82) is 0 Å². The summed E-state index contributed by atoms with van der Waals surface area (Å²) in [4.78, 5) is 36.8. The zero-order valence-electron chi connectivity index (χ0n) is 21.6. The van der Waals surface area contributed by atoms with Crippen LogP contribution >= 0.6 is 0 Å². The van der Waals surface area contributed by atoms with Crippen molar-refractivity contribution >= 4 is 44.1 Å². The predicted octanol–water partition coefficient (Wildman–Crippen LogP) is 7.02. The predicted molar refractivity (Wildman–Crippen MR) is 159 cm³/mol. The fraction of sp³-hybridized carbons (Fsp3) is 0. The van der Waals surface area contributed by atoms with Crippen LogP contribution in [0.3, 0.4) is 0 Å². The Balaban J connectivity index is 0.00000144. The summed E-state index contributed by atoms with van der Waals surface area (Å²) in [5, 5.41) is 3.82. The van der Waals surface area contributed by atoms with Crippen molar-refractivity contribution in [3.63, 3.8) is 0 Å². The van der Waals surface area contributed by atoms with Gasteiger partial charge in [-0.15, -0.1) is 0 Å². The van der Waals surface area contributed by atoms with Crippen molar-refractivity contribution in [2.45, 2.75) is 0 Å². The molecule has 0 amide bonds. The van der Waals surface area contributed by atoms with Gasteiger partial charge in [-0.1, -0.05) is 97.1 Å². The van der Waals surface area contributed by atoms with Crippen molar-refractivity contribution in [1.82, 2.24) is 39.9 Å². The van der Waals surface area contributed by atoms with Gasteiger partial charge in [0.15, 0.2) is 23.3 Å². The summed E-state index contributed by atoms with van der Waals surface area (Å²) in [5.41, 5.74) is 6.45. The van der Waals surface area contributed by atoms with E-state index in [4.69, 9.17) is 29.9 Å². The molecule has 10 heteroatoms. The van der Waals surface area contributed by atoms with E-state index in [9.17, 15) is 0 Å². The van der Waals surface area contributed by atoms with E-state index in [0.29, 0.717) is 45.9 Å². The molecule has 0 saturated carbocycles. The van der Waals surface area contributed by atoms with Crippen LogP contribution in [0.25, 0.3) is 89.7 Å². The minimum Gasteiger partial charge on any atom is -0.324 e. The first kappa shape index (κ1) is 25.6. The van der Waals surface area contributed by atoms with E-state index in [2.05, 4.69) is 9.97 Å². The maximum Gasteiger partial charge on any atom is 0.164 e. The number of benzene rings is 4. The molecule has 0 saturated heterocycles. The Labute approximate surface area is 247 Å². The molecule has 205 valence electrons. The van der Waals surface area contributed by atoms with Crippen molar-refractivity contribution in [2.24, 2.45) is 0 Å². The van der Waals surface area contributed by atoms with Crippen LogP contribution in [-0.2, 0) is 17.1 Å². The average molecular weight is 598 g/mol. The van der Waals surface area contributed by atoms with Crippen LogP contribution in [0.4, 0.5) is 4.70 Å². The van der Waals surface area contributed by atoms with Crippen LogP contribution in [0.15, 0.2) is 97.1 Å². The molecule has 2 N–H and O–H groups in total. The third-order valence-corrected chi connectivity index (χ3v) is 7.46. The standard InChI is InChI=1S/C32H18N8.Cu.FH/c1-2-10-18-17(9-1)25-33-26(18)38-28-21-13-5-6-14-22(21)30(35-28)40-32-24-16-8-7-15-23(24)31(36-32)39-29-20-12-4-3-11-19(20)27(34-29)37-25;;/h1-16H,(H2,33,34,35,36,37,38,39,40);;1H. The van der Waals surface area contributed by atoms with Crippen LogP contribution in [0, 0.1) is 0 Å². The van der Waals surface area contributed by atoms with E-state index in [1.54, 1.807) is 0 Å². The fourth-order valence-electron chi connectivity index (χ4n) is 5.59. The SMILES string of the molecule is F.[Cu].c1ccc2c(c1)-c1nc-2nc2[nH]c(nc3nc(nc4[nH]c(n1)c1ccccc41)-c1ccccc1-3)c1ccccc21. The van der Waals surface area contributed by atoms with Crippen molar-refractivity contribution < 1.29 is 21.8 Å². The summed E-state index contributed by atoms with van der Waals surface area (Å²) in [5.74, 6) is 2.39. The minimum atomic E-state index is 0. The molecule has 5 heterocycles. The van der Waals surface area contributed by atoms with E-state index >= 15 is 0 Å². The summed E-state index contributed by atoms with van der Waals surface area (Å²) in [7, 11) is 0. The second-order valence-electron chi connectivity index (χ2n) is 9.79. The summed E-state index contributed by atoms with van der Waals surface area (Å²) in [6, 6.07) is 32.2. The first-order chi connectivity index (χ1) is 19.8. The molecule has 0 unspecified atom stereocenters. The monoisotopic (exact) mass is 597 g/mol. The topological polar surface area (TPSA) is 109 Å². The number of halogens is 1. The van der Waals surface area contributed by atoms with Gasteiger partial charge < -0.3 is 9.97 Å². The Morgan fingerprint density at radius 2 is 0.571 bits per heavy atom. The third kappa shape index (κ3) is 3.73. The smallest absolute Gasteiger partial charge is 0.164 e. The minimum absolute atomic E-state index is 0. The van der Waals surface area contributed by atoms with Crippen LogP contribution in [-0.4, -0.2) is 39.9 Å². The molecule has 7 aromatic rings. The molecule has 8 bridgehead atoms. The number of hydrogen-bond acceptors (Lipinski definition) is 6. The van der Waals surface area contributed by atoms with Gasteiger partial charge in [-0.3, -0.25) is 4.70 Å². The maximum atomic E-state index is 5.02. The second-order valence-corrected chi connectivity index (χ2v) is 9.79. The maximum absolute atomic E-state index is 5.02. The zero-order valence-corrected chi connectivity index (χ0v) is 22.6. The van der Waals surface area contributed by atoms with Crippen LogP contribution in [0.1, 0.15) is 0 Å². The van der Waals surface area contributed by atoms with Gasteiger partial charge in [0.2, 0.25) is 0 Å². The van der Waals surface area contributed by atoms with Gasteiger partial charge in [-0.05, 0) is 0 Å². The Morgan fingerprint density at radius 1 is 0.333 bits per heavy atom. The summed E-state index contributed by atoms with van der Waals surface area (Å²) in [6.07, 6.45) is 0. The van der Waals surface area contributed by atoms with E-state index in [1.165, 1.54) is 0 Å². The third-order valence-electron chi connectivity index (χ3n) is 7.46. The molecule has 2 aliphatic rings. The Hall–Kier alpha value is -5.31. The molecule has 42 heavy (non-hydrogen) atoms. The van der Waals surface area contributed by atoms with Gasteiger partial charge in [-0.2, -0.15) is 0 Å². The molecule has 4 aromatic carbocycles. The van der Waals surface area contributed by atoms with Gasteiger partial charge in [0.1, 0.15) is 22.6 Å². The number of rotatable bonds is 0. The molecule has 1 radical (unpaired) electrons. The molecular formula is C32H19CuFN8. The number of aromatic amines is 2. The van der Waals surface area contributed by atoms with Crippen LogP contribution in [0.5, 0.6) is 0 Å². The van der Waals surface area contributed by atoms with Gasteiger partial charge in [-0.25, -0.2) is 29.9 Å². The molecule has 8 nitrogen and oxygen atoms in total. The number of nitrogens with zero attached hydrogens (tertiary/aromatic N) is 6. The Morgan fingerprint density at radius 3 is 0.833 bits per heavy atom. The number of nitrogens with one attached hydrogen (secondary N) is 2. The van der Waals surface area contributed by atoms with Gasteiger partial charge >= 0.3 is 0 Å². The second kappa shape index (κ2) is 9.66.